The third-order valence-corrected chi connectivity index (χ3v) is 2.83. The molecule has 0 saturated heterocycles. The molecule has 0 bridgehead atoms. The largest absolute Gasteiger partial charge is 0.484 e. The van der Waals surface area contributed by atoms with Crippen molar-refractivity contribution in [3.63, 3.8) is 0 Å². The Morgan fingerprint density at radius 1 is 1.05 bits per heavy atom. The number of ether oxygens (including phenoxy) is 1. The molecule has 1 N–H and O–H groups in total. The third kappa shape index (κ3) is 4.87. The molecule has 0 atom stereocenters. The molecule has 0 unspecified atom stereocenters. The van der Waals surface area contributed by atoms with Gasteiger partial charge in [-0.15, -0.1) is 0 Å². The lowest BCUT2D eigenvalue weighted by atomic mass is 10.1. The molecule has 21 heavy (non-hydrogen) atoms. The summed E-state index contributed by atoms with van der Waals surface area (Å²) in [6.45, 7) is 0.254. The molecule has 0 aliphatic rings. The van der Waals surface area contributed by atoms with Crippen LogP contribution in [0.3, 0.4) is 0 Å². The minimum Gasteiger partial charge on any atom is -0.484 e. The van der Waals surface area contributed by atoms with E-state index in [0.717, 1.165) is 12.1 Å². The van der Waals surface area contributed by atoms with Crippen molar-refractivity contribution in [2.75, 3.05) is 13.2 Å². The number of rotatable bonds is 6. The van der Waals surface area contributed by atoms with E-state index >= 15 is 0 Å². The molecule has 5 heteroatoms. The van der Waals surface area contributed by atoms with Gasteiger partial charge in [0.25, 0.3) is 5.91 Å². The van der Waals surface area contributed by atoms with Crippen molar-refractivity contribution in [2.24, 2.45) is 0 Å². The van der Waals surface area contributed by atoms with Crippen molar-refractivity contribution < 1.29 is 18.3 Å². The summed E-state index contributed by atoms with van der Waals surface area (Å²) < 4.78 is 31.0. The van der Waals surface area contributed by atoms with E-state index in [9.17, 15) is 13.6 Å². The Labute approximate surface area is 121 Å². The van der Waals surface area contributed by atoms with Gasteiger partial charge >= 0.3 is 0 Å². The van der Waals surface area contributed by atoms with Crippen molar-refractivity contribution in [3.05, 3.63) is 65.7 Å². The van der Waals surface area contributed by atoms with Gasteiger partial charge in [-0.3, -0.25) is 4.79 Å². The molecule has 2 rings (SSSR count). The predicted molar refractivity (Wildman–Crippen MR) is 75.0 cm³/mol. The normalized spacial score (nSPS) is 10.2. The van der Waals surface area contributed by atoms with Gasteiger partial charge in [-0.1, -0.05) is 24.3 Å². The molecule has 0 heterocycles. The highest BCUT2D eigenvalue weighted by molar-refractivity contribution is 5.77. The summed E-state index contributed by atoms with van der Waals surface area (Å²) in [6, 6.07) is 12.7. The van der Waals surface area contributed by atoms with Crippen LogP contribution in [-0.4, -0.2) is 19.1 Å². The number of benzene rings is 2. The Morgan fingerprint density at radius 2 is 1.81 bits per heavy atom. The van der Waals surface area contributed by atoms with Gasteiger partial charge in [0.2, 0.25) is 0 Å². The first-order chi connectivity index (χ1) is 10.1. The fraction of sp³-hybridized carbons (Fsp3) is 0.188. The first-order valence-corrected chi connectivity index (χ1v) is 6.53. The van der Waals surface area contributed by atoms with Crippen LogP contribution in [0.2, 0.25) is 0 Å². The summed E-state index contributed by atoms with van der Waals surface area (Å²) in [4.78, 5) is 11.6. The van der Waals surface area contributed by atoms with Gasteiger partial charge in [-0.2, -0.15) is 0 Å². The third-order valence-electron chi connectivity index (χ3n) is 2.83. The maximum absolute atomic E-state index is 13.0. The van der Waals surface area contributed by atoms with Crippen LogP contribution in [0.4, 0.5) is 8.78 Å². The number of hydrogen-bond donors (Lipinski definition) is 1. The van der Waals surface area contributed by atoms with Crippen LogP contribution in [0.25, 0.3) is 0 Å². The molecule has 0 spiro atoms. The number of nitrogens with one attached hydrogen (secondary N) is 1. The molecule has 0 fully saturated rings. The lowest BCUT2D eigenvalue weighted by Gasteiger charge is -2.07. The van der Waals surface area contributed by atoms with E-state index in [1.165, 1.54) is 6.07 Å². The summed E-state index contributed by atoms with van der Waals surface area (Å²) in [5.41, 5.74) is 0.623. The molecule has 1 amide bonds. The summed E-state index contributed by atoms with van der Waals surface area (Å²) in [7, 11) is 0. The molecule has 0 aromatic heterocycles. The van der Waals surface area contributed by atoms with Crippen molar-refractivity contribution in [1.29, 1.82) is 0 Å². The van der Waals surface area contributed by atoms with Gasteiger partial charge in [-0.05, 0) is 36.2 Å². The van der Waals surface area contributed by atoms with Gasteiger partial charge in [0.15, 0.2) is 18.2 Å². The van der Waals surface area contributed by atoms with Gasteiger partial charge in [0, 0.05) is 6.54 Å². The topological polar surface area (TPSA) is 38.3 Å². The summed E-state index contributed by atoms with van der Waals surface area (Å²) in [5, 5.41) is 2.66. The molecule has 0 aliphatic carbocycles. The molecule has 0 aliphatic heterocycles. The Bertz CT molecular complexity index is 602. The first kappa shape index (κ1) is 15.0. The van der Waals surface area contributed by atoms with Crippen LogP contribution < -0.4 is 10.1 Å². The van der Waals surface area contributed by atoms with E-state index < -0.39 is 11.6 Å². The molecule has 2 aromatic rings. The van der Waals surface area contributed by atoms with Gasteiger partial charge in [-0.25, -0.2) is 8.78 Å². The van der Waals surface area contributed by atoms with Gasteiger partial charge in [0.05, 0.1) is 0 Å². The fourth-order valence-electron chi connectivity index (χ4n) is 1.76. The molecule has 0 radical (unpaired) electrons. The molecular formula is C16H15F2NO2. The summed E-state index contributed by atoms with van der Waals surface area (Å²) >= 11 is 0. The highest BCUT2D eigenvalue weighted by Gasteiger charge is 2.04. The van der Waals surface area contributed by atoms with Crippen molar-refractivity contribution >= 4 is 5.91 Å². The number of amides is 1. The van der Waals surface area contributed by atoms with Crippen LogP contribution in [-0.2, 0) is 11.2 Å². The zero-order valence-corrected chi connectivity index (χ0v) is 11.3. The maximum atomic E-state index is 13.0. The lowest BCUT2D eigenvalue weighted by molar-refractivity contribution is -0.123. The van der Waals surface area contributed by atoms with E-state index in [1.54, 1.807) is 12.1 Å². The van der Waals surface area contributed by atoms with E-state index in [0.29, 0.717) is 24.3 Å². The SMILES string of the molecule is O=C(COc1ccccc1)NCCc1ccc(F)c(F)c1. The Morgan fingerprint density at radius 3 is 2.52 bits per heavy atom. The number of carbonyl (C=O) groups is 1. The average molecular weight is 291 g/mol. The highest BCUT2D eigenvalue weighted by Crippen LogP contribution is 2.09. The Hall–Kier alpha value is -2.43. The molecule has 110 valence electrons. The predicted octanol–water partition coefficient (Wildman–Crippen LogP) is 2.70. The molecule has 3 nitrogen and oxygen atoms in total. The smallest absolute Gasteiger partial charge is 0.257 e. The van der Waals surface area contributed by atoms with Crippen LogP contribution in [0.5, 0.6) is 5.75 Å². The monoisotopic (exact) mass is 291 g/mol. The van der Waals surface area contributed by atoms with Crippen molar-refractivity contribution in [3.8, 4) is 5.75 Å². The first-order valence-electron chi connectivity index (χ1n) is 6.53. The Kier molecular flexibility index (Phi) is 5.26. The maximum Gasteiger partial charge on any atom is 0.257 e. The summed E-state index contributed by atoms with van der Waals surface area (Å²) in [6.07, 6.45) is 0.425. The minimum atomic E-state index is -0.883. The number of carbonyl (C=O) groups excluding carboxylic acids is 1. The second-order valence-electron chi connectivity index (χ2n) is 4.45. The highest BCUT2D eigenvalue weighted by atomic mass is 19.2. The van der Waals surface area contributed by atoms with Crippen LogP contribution >= 0.6 is 0 Å². The lowest BCUT2D eigenvalue weighted by Crippen LogP contribution is -2.30. The van der Waals surface area contributed by atoms with Crippen LogP contribution in [0.1, 0.15) is 5.56 Å². The summed E-state index contributed by atoms with van der Waals surface area (Å²) in [5.74, 6) is -1.40. The van der Waals surface area contributed by atoms with E-state index in [-0.39, 0.29) is 12.5 Å². The second kappa shape index (κ2) is 7.38. The number of para-hydroxylation sites is 1. The van der Waals surface area contributed by atoms with Crippen LogP contribution in [0, 0.1) is 11.6 Å². The van der Waals surface area contributed by atoms with E-state index in [4.69, 9.17) is 4.74 Å². The van der Waals surface area contributed by atoms with Crippen molar-refractivity contribution in [2.45, 2.75) is 6.42 Å². The molecule has 0 saturated carbocycles. The molecule has 2 aromatic carbocycles. The standard InChI is InChI=1S/C16H15F2NO2/c17-14-7-6-12(10-15(14)18)8-9-19-16(20)11-21-13-4-2-1-3-5-13/h1-7,10H,8-9,11H2,(H,19,20). The second-order valence-corrected chi connectivity index (χ2v) is 4.45. The minimum absolute atomic E-state index is 0.0816. The Balaban J connectivity index is 1.70. The van der Waals surface area contributed by atoms with Gasteiger partial charge in [0.1, 0.15) is 5.75 Å². The fourth-order valence-corrected chi connectivity index (χ4v) is 1.76. The molecular weight excluding hydrogens is 276 g/mol. The van der Waals surface area contributed by atoms with E-state index in [1.807, 2.05) is 18.2 Å². The van der Waals surface area contributed by atoms with Crippen molar-refractivity contribution in [1.82, 2.24) is 5.32 Å². The average Bonchev–Trinajstić information content (AvgIpc) is 2.50. The van der Waals surface area contributed by atoms with E-state index in [2.05, 4.69) is 5.32 Å². The zero-order chi connectivity index (χ0) is 15.1. The number of halogens is 2. The van der Waals surface area contributed by atoms with Gasteiger partial charge < -0.3 is 10.1 Å². The quantitative estimate of drug-likeness (QED) is 0.888. The van der Waals surface area contributed by atoms with Crippen LogP contribution in [0.15, 0.2) is 48.5 Å². The zero-order valence-electron chi connectivity index (χ0n) is 11.3. The number of hydrogen-bond acceptors (Lipinski definition) is 2.